The van der Waals surface area contributed by atoms with E-state index in [1.807, 2.05) is 24.3 Å². The van der Waals surface area contributed by atoms with Crippen LogP contribution in [0.25, 0.3) is 0 Å². The highest BCUT2D eigenvalue weighted by molar-refractivity contribution is 7.99. The molecule has 4 unspecified atom stereocenters. The first-order chi connectivity index (χ1) is 20.0. The Morgan fingerprint density at radius 3 is 1.52 bits per heavy atom. The van der Waals surface area contributed by atoms with Gasteiger partial charge in [0.05, 0.1) is 76.6 Å². The van der Waals surface area contributed by atoms with Crippen molar-refractivity contribution in [2.24, 2.45) is 5.41 Å². The molecule has 0 radical (unpaired) electrons. The first-order valence-electron chi connectivity index (χ1n) is 13.8. The summed E-state index contributed by atoms with van der Waals surface area (Å²) < 4.78 is 33.5. The largest absolute Gasteiger partial charge is 0.514 e. The molecule has 12 heteroatoms. The Hall–Kier alpha value is -2.42. The Bertz CT molecular complexity index is 977. The zero-order chi connectivity index (χ0) is 31.0. The van der Waals surface area contributed by atoms with Crippen molar-refractivity contribution >= 4 is 17.9 Å². The molecule has 0 aliphatic rings. The van der Waals surface area contributed by atoms with Crippen molar-refractivity contribution in [2.45, 2.75) is 61.9 Å². The van der Waals surface area contributed by atoms with Crippen molar-refractivity contribution in [1.29, 1.82) is 0 Å². The van der Waals surface area contributed by atoms with Crippen molar-refractivity contribution in [1.82, 2.24) is 0 Å². The summed E-state index contributed by atoms with van der Waals surface area (Å²) in [6.07, 6.45) is -3.54. The Morgan fingerprint density at radius 1 is 0.690 bits per heavy atom. The minimum absolute atomic E-state index is 0.0439. The van der Waals surface area contributed by atoms with Crippen molar-refractivity contribution in [2.75, 3.05) is 52.9 Å². The Morgan fingerprint density at radius 2 is 1.10 bits per heavy atom. The topological polar surface area (TPSA) is 153 Å². The lowest BCUT2D eigenvalue weighted by Gasteiger charge is -2.33. The normalized spacial score (nSPS) is 15.8. The molecule has 0 aliphatic heterocycles. The molecule has 2 aromatic rings. The van der Waals surface area contributed by atoms with Crippen molar-refractivity contribution in [3.63, 3.8) is 0 Å². The van der Waals surface area contributed by atoms with E-state index >= 15 is 0 Å². The summed E-state index contributed by atoms with van der Waals surface area (Å²) in [5.74, 6) is 0.522. The summed E-state index contributed by atoms with van der Waals surface area (Å²) in [6, 6.07) is 13.8. The highest BCUT2D eigenvalue weighted by atomic mass is 32.2. The molecule has 0 amide bonds. The number of aliphatic hydroxyl groups is 3. The number of benzene rings is 2. The fraction of sp³-hybridized carbons (Fsp3) is 0.567. The molecule has 0 heterocycles. The predicted octanol–water partition coefficient (Wildman–Crippen LogP) is 3.64. The number of phenolic OH excluding ortho intramolecular Hbond substituents is 1. The summed E-state index contributed by atoms with van der Waals surface area (Å²) >= 11 is 1.50. The van der Waals surface area contributed by atoms with E-state index in [1.165, 1.54) is 11.8 Å². The maximum atomic E-state index is 12.3. The fourth-order valence-corrected chi connectivity index (χ4v) is 4.39. The lowest BCUT2D eigenvalue weighted by Crippen LogP contribution is -2.43. The third-order valence-electron chi connectivity index (χ3n) is 5.46. The summed E-state index contributed by atoms with van der Waals surface area (Å²) in [6.45, 7) is 7.26. The molecule has 4 N–H and O–H groups in total. The van der Waals surface area contributed by atoms with Gasteiger partial charge in [-0.2, -0.15) is 0 Å². The lowest BCUT2D eigenvalue weighted by atomic mass is 9.92. The van der Waals surface area contributed by atoms with Crippen LogP contribution in [0.3, 0.4) is 0 Å². The zero-order valence-electron chi connectivity index (χ0n) is 24.6. The van der Waals surface area contributed by atoms with Gasteiger partial charge >= 0.3 is 6.16 Å². The quantitative estimate of drug-likeness (QED) is 0.128. The Kier molecular flexibility index (Phi) is 16.2. The maximum Gasteiger partial charge on any atom is 0.514 e. The van der Waals surface area contributed by atoms with E-state index in [1.54, 1.807) is 52.0 Å². The molecule has 0 saturated heterocycles. The highest BCUT2D eigenvalue weighted by Gasteiger charge is 2.33. The summed E-state index contributed by atoms with van der Waals surface area (Å²) in [7, 11) is 0. The van der Waals surface area contributed by atoms with Crippen molar-refractivity contribution in [3.8, 4) is 11.5 Å². The second-order valence-electron chi connectivity index (χ2n) is 10.5. The van der Waals surface area contributed by atoms with E-state index in [0.29, 0.717) is 5.75 Å². The molecule has 0 spiro atoms. The molecular weight excluding hydrogens is 568 g/mol. The van der Waals surface area contributed by atoms with Gasteiger partial charge in [-0.25, -0.2) is 4.79 Å². The minimum Gasteiger partial charge on any atom is -0.508 e. The smallest absolute Gasteiger partial charge is 0.508 e. The first kappa shape index (κ1) is 35.8. The average Bonchev–Trinajstić information content (AvgIpc) is 2.90. The molecule has 2 rings (SSSR count). The van der Waals surface area contributed by atoms with Gasteiger partial charge in [-0.3, -0.25) is 0 Å². The maximum absolute atomic E-state index is 12.3. The first-order valence-corrected chi connectivity index (χ1v) is 14.6. The number of aliphatic hydroxyl groups excluding tert-OH is 3. The van der Waals surface area contributed by atoms with Crippen LogP contribution in [-0.4, -0.2) is 104 Å². The van der Waals surface area contributed by atoms with E-state index in [-0.39, 0.29) is 58.6 Å². The molecule has 42 heavy (non-hydrogen) atoms. The average molecular weight is 613 g/mol. The third kappa shape index (κ3) is 15.2. The van der Waals surface area contributed by atoms with Crippen LogP contribution in [0.5, 0.6) is 11.5 Å². The van der Waals surface area contributed by atoms with E-state index in [4.69, 9.17) is 28.4 Å². The van der Waals surface area contributed by atoms with Crippen LogP contribution in [0.4, 0.5) is 4.79 Å². The number of ether oxygens (including phenoxy) is 6. The Balaban J connectivity index is 1.89. The van der Waals surface area contributed by atoms with Gasteiger partial charge in [-0.05, 0) is 76.2 Å². The summed E-state index contributed by atoms with van der Waals surface area (Å²) in [5.41, 5.74) is -0.821. The molecule has 4 atom stereocenters. The summed E-state index contributed by atoms with van der Waals surface area (Å²) in [4.78, 5) is 14.2. The van der Waals surface area contributed by atoms with Crippen LogP contribution in [0.2, 0.25) is 0 Å². The molecule has 236 valence electrons. The number of aromatic hydroxyl groups is 1. The molecule has 0 fully saturated rings. The van der Waals surface area contributed by atoms with E-state index in [9.17, 15) is 25.2 Å². The molecule has 2 aromatic carbocycles. The van der Waals surface area contributed by atoms with E-state index < -0.39 is 36.0 Å². The van der Waals surface area contributed by atoms with Gasteiger partial charge in [0.2, 0.25) is 0 Å². The number of rotatable bonds is 20. The van der Waals surface area contributed by atoms with Crippen LogP contribution in [0.15, 0.2) is 58.3 Å². The Labute approximate surface area is 251 Å². The number of phenols is 1. The van der Waals surface area contributed by atoms with E-state index in [2.05, 4.69) is 0 Å². The highest BCUT2D eigenvalue weighted by Crippen LogP contribution is 2.30. The number of carbonyl (C=O) groups excluding carboxylic acids is 1. The van der Waals surface area contributed by atoms with Gasteiger partial charge in [-0.1, -0.05) is 11.8 Å². The predicted molar refractivity (Wildman–Crippen MR) is 156 cm³/mol. The molecule has 11 nitrogen and oxygen atoms in total. The number of hydrogen-bond donors (Lipinski definition) is 4. The SMILES string of the molecule is CC(O)COCC(COCC(C)O)(COCC(C)O)COCC(C)OC(=O)Oc1ccc(Sc2ccc(O)cc2)cc1. The lowest BCUT2D eigenvalue weighted by molar-refractivity contribution is -0.129. The fourth-order valence-electron chi connectivity index (χ4n) is 3.57. The summed E-state index contributed by atoms with van der Waals surface area (Å²) in [5, 5.41) is 38.3. The van der Waals surface area contributed by atoms with Gasteiger partial charge in [0.15, 0.2) is 0 Å². The van der Waals surface area contributed by atoms with Gasteiger partial charge < -0.3 is 48.8 Å². The van der Waals surface area contributed by atoms with Gasteiger partial charge in [-0.15, -0.1) is 0 Å². The van der Waals surface area contributed by atoms with Crippen molar-refractivity contribution in [3.05, 3.63) is 48.5 Å². The third-order valence-corrected chi connectivity index (χ3v) is 6.47. The van der Waals surface area contributed by atoms with Crippen LogP contribution >= 0.6 is 11.8 Å². The van der Waals surface area contributed by atoms with Crippen LogP contribution < -0.4 is 4.74 Å². The van der Waals surface area contributed by atoms with Gasteiger partial charge in [0.25, 0.3) is 0 Å². The van der Waals surface area contributed by atoms with E-state index in [0.717, 1.165) is 9.79 Å². The monoisotopic (exact) mass is 612 g/mol. The number of hydrogen-bond acceptors (Lipinski definition) is 12. The minimum atomic E-state index is -0.878. The van der Waals surface area contributed by atoms with Crippen LogP contribution in [-0.2, 0) is 23.7 Å². The molecule has 0 aliphatic carbocycles. The molecular formula is C30H44O11S. The van der Waals surface area contributed by atoms with Crippen LogP contribution in [0.1, 0.15) is 27.7 Å². The standard InChI is InChI=1S/C30H44O11S/c1-21(31)13-36-17-30(18-37-14-22(2)32,19-38-15-23(3)33)20-39-16-24(4)40-29(35)41-26-7-11-28(12-8-26)42-27-9-5-25(34)6-10-27/h5-12,21-24,31-34H,13-20H2,1-4H3. The number of carbonyl (C=O) groups is 1. The van der Waals surface area contributed by atoms with Gasteiger partial charge in [0, 0.05) is 9.79 Å². The van der Waals surface area contributed by atoms with Crippen LogP contribution in [0, 0.1) is 5.41 Å². The molecule has 0 aromatic heterocycles. The zero-order valence-corrected chi connectivity index (χ0v) is 25.5. The second kappa shape index (κ2) is 19.0. The molecule has 0 bridgehead atoms. The van der Waals surface area contributed by atoms with Gasteiger partial charge in [0.1, 0.15) is 17.6 Å². The molecule has 0 saturated carbocycles. The second-order valence-corrected chi connectivity index (χ2v) is 11.6. The van der Waals surface area contributed by atoms with Crippen molar-refractivity contribution < 1.29 is 53.6 Å².